The molecule has 0 aromatic heterocycles. The summed E-state index contributed by atoms with van der Waals surface area (Å²) in [5.41, 5.74) is 4.15. The fraction of sp³-hybridized carbons (Fsp3) is 0.222. The van der Waals surface area contributed by atoms with E-state index in [9.17, 15) is 4.79 Å². The van der Waals surface area contributed by atoms with Crippen molar-refractivity contribution in [3.63, 3.8) is 0 Å². The summed E-state index contributed by atoms with van der Waals surface area (Å²) in [5, 5.41) is 7.67. The number of anilines is 1. The lowest BCUT2D eigenvalue weighted by atomic mass is 10.2. The van der Waals surface area contributed by atoms with E-state index in [1.807, 2.05) is 43.3 Å². The number of carbonyl (C=O) groups excluding carboxylic acids is 1. The molecule has 24 heavy (non-hydrogen) atoms. The summed E-state index contributed by atoms with van der Waals surface area (Å²) < 4.78 is 5.38. The van der Waals surface area contributed by atoms with Gasteiger partial charge in [0.2, 0.25) is 0 Å². The highest BCUT2D eigenvalue weighted by Crippen LogP contribution is 2.16. The Morgan fingerprint density at radius 3 is 2.71 bits per heavy atom. The van der Waals surface area contributed by atoms with E-state index in [0.717, 1.165) is 17.0 Å². The van der Waals surface area contributed by atoms with E-state index in [0.29, 0.717) is 11.6 Å². The monoisotopic (exact) mass is 345 g/mol. The van der Waals surface area contributed by atoms with Crippen molar-refractivity contribution in [1.82, 2.24) is 5.43 Å². The number of nitrogens with zero attached hydrogens (tertiary/aromatic N) is 1. The molecule has 0 aliphatic carbocycles. The van der Waals surface area contributed by atoms with Crippen LogP contribution in [0.5, 0.6) is 5.75 Å². The molecule has 0 radical (unpaired) electrons. The maximum Gasteiger partial charge on any atom is 0.262 e. The van der Waals surface area contributed by atoms with Crippen LogP contribution in [0.3, 0.4) is 0 Å². The Kier molecular flexibility index (Phi) is 6.63. The lowest BCUT2D eigenvalue weighted by Crippen LogP contribution is -2.34. The van der Waals surface area contributed by atoms with Crippen molar-refractivity contribution in [1.29, 1.82) is 0 Å². The fourth-order valence-corrected chi connectivity index (χ4v) is 2.18. The van der Waals surface area contributed by atoms with Crippen molar-refractivity contribution < 1.29 is 9.53 Å². The molecule has 0 unspecified atom stereocenters. The van der Waals surface area contributed by atoms with Crippen LogP contribution in [0.4, 0.5) is 5.69 Å². The summed E-state index contributed by atoms with van der Waals surface area (Å²) in [5.74, 6) is 0.563. The zero-order valence-corrected chi connectivity index (χ0v) is 14.4. The molecule has 2 aromatic carbocycles. The van der Waals surface area contributed by atoms with Gasteiger partial charge in [0.25, 0.3) is 5.91 Å². The molecule has 1 amide bonds. The van der Waals surface area contributed by atoms with Crippen LogP contribution in [0.2, 0.25) is 5.02 Å². The molecular weight excluding hydrogens is 326 g/mol. The van der Waals surface area contributed by atoms with Gasteiger partial charge in [-0.1, -0.05) is 23.7 Å². The number of hydrogen-bond donors (Lipinski definition) is 2. The van der Waals surface area contributed by atoms with Gasteiger partial charge in [-0.3, -0.25) is 4.79 Å². The van der Waals surface area contributed by atoms with Gasteiger partial charge in [-0.25, -0.2) is 5.43 Å². The van der Waals surface area contributed by atoms with Crippen molar-refractivity contribution in [3.8, 4) is 5.75 Å². The molecule has 1 atom stereocenters. The summed E-state index contributed by atoms with van der Waals surface area (Å²) in [4.78, 5) is 12.0. The van der Waals surface area contributed by atoms with Gasteiger partial charge < -0.3 is 10.1 Å². The van der Waals surface area contributed by atoms with Crippen LogP contribution >= 0.6 is 11.6 Å². The number of hydrogen-bond acceptors (Lipinski definition) is 4. The predicted molar refractivity (Wildman–Crippen MR) is 97.9 cm³/mol. The minimum atomic E-state index is -0.431. The Morgan fingerprint density at radius 2 is 2.04 bits per heavy atom. The molecule has 2 aromatic rings. The molecule has 126 valence electrons. The van der Waals surface area contributed by atoms with Crippen LogP contribution in [-0.4, -0.2) is 24.8 Å². The highest BCUT2D eigenvalue weighted by atomic mass is 35.5. The summed E-state index contributed by atoms with van der Waals surface area (Å²) in [6.45, 7) is 4.32. The smallest absolute Gasteiger partial charge is 0.262 e. The van der Waals surface area contributed by atoms with Gasteiger partial charge in [-0.05, 0) is 55.8 Å². The Balaban J connectivity index is 1.85. The molecule has 0 saturated heterocycles. The zero-order valence-electron chi connectivity index (χ0n) is 13.6. The molecule has 0 spiro atoms. The fourth-order valence-electron chi connectivity index (χ4n) is 1.98. The second-order valence-electron chi connectivity index (χ2n) is 5.11. The van der Waals surface area contributed by atoms with Crippen LogP contribution in [0.1, 0.15) is 19.4 Å². The molecule has 2 rings (SSSR count). The molecular formula is C18H20ClN3O2. The number of rotatable bonds is 7. The Hall–Kier alpha value is -2.53. The summed E-state index contributed by atoms with van der Waals surface area (Å²) in [7, 11) is 0. The van der Waals surface area contributed by atoms with Crippen molar-refractivity contribution in [3.05, 3.63) is 59.1 Å². The Morgan fingerprint density at radius 1 is 1.29 bits per heavy atom. The second-order valence-corrected chi connectivity index (χ2v) is 5.55. The third-order valence-electron chi connectivity index (χ3n) is 3.18. The molecule has 5 nitrogen and oxygen atoms in total. The third kappa shape index (κ3) is 5.59. The Bertz CT molecular complexity index is 702. The first-order valence-electron chi connectivity index (χ1n) is 7.66. The number of hydrazone groups is 1. The Labute approximate surface area is 146 Å². The van der Waals surface area contributed by atoms with Gasteiger partial charge in [-0.15, -0.1) is 0 Å². The number of halogens is 1. The molecule has 0 aliphatic rings. The maximum atomic E-state index is 12.0. The van der Waals surface area contributed by atoms with Crippen molar-refractivity contribution in [2.45, 2.75) is 19.9 Å². The van der Waals surface area contributed by atoms with E-state index in [2.05, 4.69) is 15.8 Å². The van der Waals surface area contributed by atoms with Crippen LogP contribution in [0, 0.1) is 0 Å². The van der Waals surface area contributed by atoms with Gasteiger partial charge in [0.1, 0.15) is 11.8 Å². The summed E-state index contributed by atoms with van der Waals surface area (Å²) in [6.07, 6.45) is 1.55. The molecule has 0 bridgehead atoms. The van der Waals surface area contributed by atoms with E-state index < -0.39 is 6.04 Å². The first kappa shape index (κ1) is 17.8. The van der Waals surface area contributed by atoms with Crippen LogP contribution in [0.15, 0.2) is 53.6 Å². The molecule has 0 fully saturated rings. The van der Waals surface area contributed by atoms with Gasteiger partial charge in [0.15, 0.2) is 0 Å². The van der Waals surface area contributed by atoms with Gasteiger partial charge in [0, 0.05) is 10.7 Å². The topological polar surface area (TPSA) is 62.7 Å². The lowest BCUT2D eigenvalue weighted by molar-refractivity contribution is -0.121. The van der Waals surface area contributed by atoms with Gasteiger partial charge >= 0.3 is 0 Å². The number of carbonyl (C=O) groups is 1. The summed E-state index contributed by atoms with van der Waals surface area (Å²) in [6, 6.07) is 14.2. The molecule has 0 saturated carbocycles. The van der Waals surface area contributed by atoms with Gasteiger partial charge in [0.05, 0.1) is 12.8 Å². The second kappa shape index (κ2) is 8.93. The number of amides is 1. The van der Waals surface area contributed by atoms with Crippen molar-refractivity contribution in [2.24, 2.45) is 5.10 Å². The van der Waals surface area contributed by atoms with Crippen LogP contribution in [-0.2, 0) is 4.79 Å². The minimum Gasteiger partial charge on any atom is -0.494 e. The standard InChI is InChI=1S/C18H20ClN3O2/c1-3-24-17-9-7-16(8-10-17)21-13(2)18(23)22-20-12-14-5-4-6-15(19)11-14/h4-13,21H,3H2,1-2H3,(H,22,23)/b20-12-/t13-/m0/s1. The number of nitrogens with one attached hydrogen (secondary N) is 2. The lowest BCUT2D eigenvalue weighted by Gasteiger charge is -2.13. The quantitative estimate of drug-likeness (QED) is 0.594. The van der Waals surface area contributed by atoms with E-state index >= 15 is 0 Å². The SMILES string of the molecule is CCOc1ccc(N[C@@H](C)C(=O)N/N=C\c2cccc(Cl)c2)cc1. The first-order chi connectivity index (χ1) is 11.6. The predicted octanol–water partition coefficient (Wildman–Crippen LogP) is 3.69. The summed E-state index contributed by atoms with van der Waals surface area (Å²) >= 11 is 5.89. The largest absolute Gasteiger partial charge is 0.494 e. The average molecular weight is 346 g/mol. The van der Waals surface area contributed by atoms with E-state index in [4.69, 9.17) is 16.3 Å². The van der Waals surface area contributed by atoms with Crippen molar-refractivity contribution >= 4 is 29.4 Å². The van der Waals surface area contributed by atoms with Crippen LogP contribution < -0.4 is 15.5 Å². The molecule has 2 N–H and O–H groups in total. The van der Waals surface area contributed by atoms with Crippen molar-refractivity contribution in [2.75, 3.05) is 11.9 Å². The molecule has 0 heterocycles. The van der Waals surface area contributed by atoms with E-state index in [-0.39, 0.29) is 5.91 Å². The van der Waals surface area contributed by atoms with Gasteiger partial charge in [-0.2, -0.15) is 5.10 Å². The first-order valence-corrected chi connectivity index (χ1v) is 8.04. The average Bonchev–Trinajstić information content (AvgIpc) is 2.57. The van der Waals surface area contributed by atoms with E-state index in [1.165, 1.54) is 0 Å². The molecule has 0 aliphatic heterocycles. The zero-order chi connectivity index (χ0) is 17.4. The third-order valence-corrected chi connectivity index (χ3v) is 3.41. The van der Waals surface area contributed by atoms with Crippen LogP contribution in [0.25, 0.3) is 0 Å². The normalized spacial score (nSPS) is 12.0. The number of ether oxygens (including phenoxy) is 1. The van der Waals surface area contributed by atoms with E-state index in [1.54, 1.807) is 25.3 Å². The highest BCUT2D eigenvalue weighted by molar-refractivity contribution is 6.30. The highest BCUT2D eigenvalue weighted by Gasteiger charge is 2.11. The number of benzene rings is 2. The molecule has 6 heteroatoms. The maximum absolute atomic E-state index is 12.0. The minimum absolute atomic E-state index is 0.234.